The largest absolute Gasteiger partial charge is 0.496 e. The Morgan fingerprint density at radius 2 is 2.00 bits per heavy atom. The number of hydrogen-bond donors (Lipinski definition) is 1. The predicted octanol–water partition coefficient (Wildman–Crippen LogP) is 3.11. The number of benzene rings is 1. The third kappa shape index (κ3) is 4.01. The lowest BCUT2D eigenvalue weighted by Crippen LogP contribution is -2.40. The maximum Gasteiger partial charge on any atom is 0.258 e. The van der Waals surface area contributed by atoms with Crippen LogP contribution in [0.3, 0.4) is 0 Å². The second-order valence-corrected chi connectivity index (χ2v) is 8.46. The van der Waals surface area contributed by atoms with Crippen molar-refractivity contribution in [2.24, 2.45) is 0 Å². The number of nitrogens with zero attached hydrogens (tertiary/aromatic N) is 4. The van der Waals surface area contributed by atoms with Crippen LogP contribution in [0, 0.1) is 6.92 Å². The lowest BCUT2D eigenvalue weighted by Gasteiger charge is -2.36. The number of carbonyl (C=O) groups is 2. The number of carbonyl (C=O) groups excluding carboxylic acids is 2. The van der Waals surface area contributed by atoms with Crippen molar-refractivity contribution in [1.82, 2.24) is 19.8 Å². The Bertz CT molecular complexity index is 1040. The van der Waals surface area contributed by atoms with E-state index in [4.69, 9.17) is 14.7 Å². The van der Waals surface area contributed by atoms with Crippen molar-refractivity contribution in [2.45, 2.75) is 52.1 Å². The van der Waals surface area contributed by atoms with E-state index in [0.717, 1.165) is 48.3 Å². The molecule has 1 aromatic heterocycles. The first kappa shape index (κ1) is 22.0. The number of anilines is 1. The van der Waals surface area contributed by atoms with Crippen LogP contribution in [-0.2, 0) is 17.8 Å². The van der Waals surface area contributed by atoms with E-state index in [0.29, 0.717) is 36.8 Å². The molecule has 0 saturated carbocycles. The predicted molar refractivity (Wildman–Crippen MR) is 122 cm³/mol. The molecular formula is C24H31N5O3. The van der Waals surface area contributed by atoms with Gasteiger partial charge in [0.05, 0.1) is 31.0 Å². The zero-order chi connectivity index (χ0) is 22.8. The summed E-state index contributed by atoms with van der Waals surface area (Å²) in [6.45, 7) is 5.32. The highest BCUT2D eigenvalue weighted by Crippen LogP contribution is 2.35. The summed E-state index contributed by atoms with van der Waals surface area (Å²) < 4.78 is 5.55. The maximum absolute atomic E-state index is 13.6. The summed E-state index contributed by atoms with van der Waals surface area (Å²) in [4.78, 5) is 39.0. The van der Waals surface area contributed by atoms with Gasteiger partial charge in [-0.1, -0.05) is 12.1 Å². The molecular weight excluding hydrogens is 406 g/mol. The lowest BCUT2D eigenvalue weighted by molar-refractivity contribution is -0.129. The van der Waals surface area contributed by atoms with Gasteiger partial charge in [-0.3, -0.25) is 9.59 Å². The van der Waals surface area contributed by atoms with Gasteiger partial charge in [-0.05, 0) is 44.2 Å². The van der Waals surface area contributed by atoms with Crippen molar-refractivity contribution in [2.75, 3.05) is 32.6 Å². The number of nitrogens with one attached hydrogen (secondary N) is 1. The van der Waals surface area contributed by atoms with Gasteiger partial charge in [-0.25, -0.2) is 9.97 Å². The molecule has 1 atom stereocenters. The third-order valence-corrected chi connectivity index (χ3v) is 6.47. The SMILES string of the molecule is CNc1nc([C@H]2CCCCN2C(=O)c2cccc(C)c2OC)nc2c1CCN(C(C)=O)C2. The second-order valence-electron chi connectivity index (χ2n) is 8.46. The van der Waals surface area contributed by atoms with E-state index >= 15 is 0 Å². The van der Waals surface area contributed by atoms with E-state index < -0.39 is 0 Å². The second kappa shape index (κ2) is 9.14. The fraction of sp³-hybridized carbons (Fsp3) is 0.500. The minimum Gasteiger partial charge on any atom is -0.496 e. The minimum atomic E-state index is -0.216. The quantitative estimate of drug-likeness (QED) is 0.791. The van der Waals surface area contributed by atoms with E-state index in [1.165, 1.54) is 0 Å². The Kier molecular flexibility index (Phi) is 6.30. The van der Waals surface area contributed by atoms with Gasteiger partial charge in [-0.15, -0.1) is 0 Å². The van der Waals surface area contributed by atoms with Crippen LogP contribution in [-0.4, -0.2) is 58.8 Å². The van der Waals surface area contributed by atoms with Crippen molar-refractivity contribution in [3.05, 3.63) is 46.4 Å². The van der Waals surface area contributed by atoms with Crippen LogP contribution in [0.4, 0.5) is 5.82 Å². The lowest BCUT2D eigenvalue weighted by atomic mass is 9.98. The topological polar surface area (TPSA) is 87.7 Å². The molecule has 170 valence electrons. The maximum atomic E-state index is 13.6. The Morgan fingerprint density at radius 1 is 1.19 bits per heavy atom. The van der Waals surface area contributed by atoms with E-state index in [1.807, 2.05) is 37.1 Å². The number of piperidine rings is 1. The molecule has 1 N–H and O–H groups in total. The highest BCUT2D eigenvalue weighted by atomic mass is 16.5. The molecule has 0 bridgehead atoms. The number of likely N-dealkylation sites (tertiary alicyclic amines) is 1. The Hall–Kier alpha value is -3.16. The van der Waals surface area contributed by atoms with Crippen molar-refractivity contribution in [3.8, 4) is 5.75 Å². The molecule has 0 aliphatic carbocycles. The smallest absolute Gasteiger partial charge is 0.258 e. The van der Waals surface area contributed by atoms with Gasteiger partial charge in [0.15, 0.2) is 5.82 Å². The number of aromatic nitrogens is 2. The number of rotatable bonds is 4. The zero-order valence-corrected chi connectivity index (χ0v) is 19.3. The summed E-state index contributed by atoms with van der Waals surface area (Å²) in [5.41, 5.74) is 3.42. The first-order valence-corrected chi connectivity index (χ1v) is 11.2. The molecule has 1 fully saturated rings. The van der Waals surface area contributed by atoms with E-state index in [1.54, 1.807) is 18.9 Å². The molecule has 2 aliphatic rings. The van der Waals surface area contributed by atoms with E-state index in [-0.39, 0.29) is 17.9 Å². The molecule has 4 rings (SSSR count). The van der Waals surface area contributed by atoms with Crippen LogP contribution in [0.1, 0.15) is 65.2 Å². The Morgan fingerprint density at radius 3 is 2.72 bits per heavy atom. The van der Waals surface area contributed by atoms with Crippen LogP contribution in [0.15, 0.2) is 18.2 Å². The summed E-state index contributed by atoms with van der Waals surface area (Å²) in [6, 6.07) is 5.42. The van der Waals surface area contributed by atoms with Crippen LogP contribution < -0.4 is 10.1 Å². The van der Waals surface area contributed by atoms with Gasteiger partial charge < -0.3 is 19.9 Å². The standard InChI is InChI=1S/C24H31N5O3/c1-15-8-7-9-18(21(15)32-4)24(31)29-12-6-5-10-20(29)23-26-19-14-28(16(2)30)13-11-17(19)22(25-3)27-23/h7-9,20H,5-6,10-14H2,1-4H3,(H,25,26,27)/t20-/m1/s1. The number of para-hydroxylation sites is 1. The molecule has 0 spiro atoms. The number of methoxy groups -OCH3 is 1. The summed E-state index contributed by atoms with van der Waals surface area (Å²) >= 11 is 0. The van der Waals surface area contributed by atoms with Gasteiger partial charge in [0.2, 0.25) is 5.91 Å². The molecule has 1 aromatic carbocycles. The Labute approximate surface area is 189 Å². The summed E-state index contributed by atoms with van der Waals surface area (Å²) in [5, 5.41) is 3.20. The van der Waals surface area contributed by atoms with Crippen LogP contribution >= 0.6 is 0 Å². The highest BCUT2D eigenvalue weighted by molar-refractivity contribution is 5.97. The van der Waals surface area contributed by atoms with E-state index in [9.17, 15) is 9.59 Å². The fourth-order valence-corrected chi connectivity index (χ4v) is 4.76. The van der Waals surface area contributed by atoms with Gasteiger partial charge in [-0.2, -0.15) is 0 Å². The van der Waals surface area contributed by atoms with Gasteiger partial charge >= 0.3 is 0 Å². The number of aryl methyl sites for hydroxylation is 1. The minimum absolute atomic E-state index is 0.0443. The normalized spacial score (nSPS) is 18.2. The average molecular weight is 438 g/mol. The molecule has 8 heteroatoms. The molecule has 0 radical (unpaired) electrons. The summed E-state index contributed by atoms with van der Waals surface area (Å²) in [5.74, 6) is 2.02. The fourth-order valence-electron chi connectivity index (χ4n) is 4.76. The molecule has 32 heavy (non-hydrogen) atoms. The number of hydrogen-bond acceptors (Lipinski definition) is 6. The number of ether oxygens (including phenoxy) is 1. The molecule has 8 nitrogen and oxygen atoms in total. The number of amides is 2. The zero-order valence-electron chi connectivity index (χ0n) is 19.3. The molecule has 2 aliphatic heterocycles. The molecule has 2 amide bonds. The average Bonchev–Trinajstić information content (AvgIpc) is 2.82. The highest BCUT2D eigenvalue weighted by Gasteiger charge is 2.34. The molecule has 2 aromatic rings. The van der Waals surface area contributed by atoms with Crippen molar-refractivity contribution >= 4 is 17.6 Å². The van der Waals surface area contributed by atoms with Crippen LogP contribution in [0.5, 0.6) is 5.75 Å². The third-order valence-electron chi connectivity index (χ3n) is 6.47. The van der Waals surface area contributed by atoms with Gasteiger partial charge in [0.1, 0.15) is 11.6 Å². The number of fused-ring (bicyclic) bond motifs is 1. The van der Waals surface area contributed by atoms with Crippen molar-refractivity contribution in [1.29, 1.82) is 0 Å². The van der Waals surface area contributed by atoms with Crippen LogP contribution in [0.2, 0.25) is 0 Å². The van der Waals surface area contributed by atoms with Crippen molar-refractivity contribution < 1.29 is 14.3 Å². The molecule has 0 unspecified atom stereocenters. The monoisotopic (exact) mass is 437 g/mol. The van der Waals surface area contributed by atoms with Crippen LogP contribution in [0.25, 0.3) is 0 Å². The summed E-state index contributed by atoms with van der Waals surface area (Å²) in [6.07, 6.45) is 3.48. The van der Waals surface area contributed by atoms with Gasteiger partial charge in [0.25, 0.3) is 5.91 Å². The first-order chi connectivity index (χ1) is 15.4. The first-order valence-electron chi connectivity index (χ1n) is 11.2. The summed E-state index contributed by atoms with van der Waals surface area (Å²) in [7, 11) is 3.45. The van der Waals surface area contributed by atoms with E-state index in [2.05, 4.69) is 5.32 Å². The molecule has 1 saturated heterocycles. The Balaban J connectivity index is 1.72. The van der Waals surface area contributed by atoms with Gasteiger partial charge in [0, 0.05) is 32.6 Å². The molecule has 3 heterocycles. The van der Waals surface area contributed by atoms with Crippen molar-refractivity contribution in [3.63, 3.8) is 0 Å².